The Morgan fingerprint density at radius 3 is 3.09 bits per heavy atom. The highest BCUT2D eigenvalue weighted by Gasteiger charge is 2.46. The van der Waals surface area contributed by atoms with Crippen LogP contribution in [-0.4, -0.2) is 11.6 Å². The SMILES string of the molecule is C[C@]12CCCC[C@H]1CC(=O)O2. The van der Waals surface area contributed by atoms with Crippen molar-refractivity contribution in [3.05, 3.63) is 0 Å². The second kappa shape index (κ2) is 2.23. The summed E-state index contributed by atoms with van der Waals surface area (Å²) in [6.45, 7) is 2.09. The number of carbonyl (C=O) groups excluding carboxylic acids is 1. The van der Waals surface area contributed by atoms with E-state index in [1.807, 2.05) is 0 Å². The van der Waals surface area contributed by atoms with E-state index in [1.54, 1.807) is 0 Å². The van der Waals surface area contributed by atoms with Crippen LogP contribution in [0, 0.1) is 5.92 Å². The molecule has 1 aliphatic heterocycles. The molecule has 0 aromatic rings. The van der Waals surface area contributed by atoms with Crippen molar-refractivity contribution in [3.63, 3.8) is 0 Å². The molecule has 2 aliphatic rings. The monoisotopic (exact) mass is 154 g/mol. The van der Waals surface area contributed by atoms with E-state index in [9.17, 15) is 4.79 Å². The summed E-state index contributed by atoms with van der Waals surface area (Å²) in [5.41, 5.74) is -0.0880. The minimum atomic E-state index is -0.0880. The van der Waals surface area contributed by atoms with Gasteiger partial charge in [0, 0.05) is 5.92 Å². The fraction of sp³-hybridized carbons (Fsp3) is 0.889. The molecule has 0 bridgehead atoms. The summed E-state index contributed by atoms with van der Waals surface area (Å²) < 4.78 is 5.31. The summed E-state index contributed by atoms with van der Waals surface area (Å²) in [6.07, 6.45) is 5.42. The predicted octanol–water partition coefficient (Wildman–Crippen LogP) is 1.88. The third-order valence-electron chi connectivity index (χ3n) is 3.10. The molecular weight excluding hydrogens is 140 g/mol. The van der Waals surface area contributed by atoms with Gasteiger partial charge in [-0.1, -0.05) is 6.42 Å². The highest BCUT2D eigenvalue weighted by molar-refractivity contribution is 5.72. The molecule has 0 aromatic heterocycles. The number of ether oxygens (including phenoxy) is 1. The van der Waals surface area contributed by atoms with Crippen molar-refractivity contribution in [1.82, 2.24) is 0 Å². The molecule has 1 saturated carbocycles. The molecule has 1 aliphatic carbocycles. The Labute approximate surface area is 66.9 Å². The quantitative estimate of drug-likeness (QED) is 0.498. The Balaban J connectivity index is 2.17. The van der Waals surface area contributed by atoms with E-state index >= 15 is 0 Å². The Morgan fingerprint density at radius 2 is 2.36 bits per heavy atom. The normalized spacial score (nSPS) is 43.4. The van der Waals surface area contributed by atoms with Crippen LogP contribution in [0.25, 0.3) is 0 Å². The average Bonchev–Trinajstić information content (AvgIpc) is 2.22. The summed E-state index contributed by atoms with van der Waals surface area (Å²) in [7, 11) is 0. The lowest BCUT2D eigenvalue weighted by Gasteiger charge is -2.33. The zero-order valence-corrected chi connectivity index (χ0v) is 6.93. The van der Waals surface area contributed by atoms with Crippen molar-refractivity contribution in [2.24, 2.45) is 5.92 Å². The maximum atomic E-state index is 11.0. The second-order valence-electron chi connectivity index (χ2n) is 3.93. The van der Waals surface area contributed by atoms with Crippen LogP contribution in [0.4, 0.5) is 0 Å². The van der Waals surface area contributed by atoms with Gasteiger partial charge in [-0.25, -0.2) is 0 Å². The molecule has 0 N–H and O–H groups in total. The highest BCUT2D eigenvalue weighted by atomic mass is 16.6. The van der Waals surface area contributed by atoms with E-state index in [4.69, 9.17) is 4.74 Å². The summed E-state index contributed by atoms with van der Waals surface area (Å²) in [4.78, 5) is 11.0. The minimum absolute atomic E-state index is 0.0133. The van der Waals surface area contributed by atoms with E-state index in [0.717, 1.165) is 6.42 Å². The Bertz CT molecular complexity index is 188. The second-order valence-corrected chi connectivity index (χ2v) is 3.93. The number of esters is 1. The van der Waals surface area contributed by atoms with Gasteiger partial charge in [0.25, 0.3) is 0 Å². The molecule has 1 saturated heterocycles. The average molecular weight is 154 g/mol. The van der Waals surface area contributed by atoms with E-state index in [0.29, 0.717) is 12.3 Å². The molecular formula is C9H14O2. The molecule has 1 heterocycles. The van der Waals surface area contributed by atoms with E-state index in [1.165, 1.54) is 19.3 Å². The van der Waals surface area contributed by atoms with Crippen molar-refractivity contribution >= 4 is 5.97 Å². The van der Waals surface area contributed by atoms with Crippen LogP contribution in [0.5, 0.6) is 0 Å². The van der Waals surface area contributed by atoms with Crippen LogP contribution in [0.1, 0.15) is 39.0 Å². The third-order valence-corrected chi connectivity index (χ3v) is 3.10. The van der Waals surface area contributed by atoms with Gasteiger partial charge >= 0.3 is 5.97 Å². The summed E-state index contributed by atoms with van der Waals surface area (Å²) in [5.74, 6) is 0.531. The van der Waals surface area contributed by atoms with E-state index < -0.39 is 0 Å². The van der Waals surface area contributed by atoms with Gasteiger partial charge in [0.05, 0.1) is 6.42 Å². The molecule has 2 rings (SSSR count). The van der Waals surface area contributed by atoms with E-state index in [-0.39, 0.29) is 11.6 Å². The molecule has 2 nitrogen and oxygen atoms in total. The summed E-state index contributed by atoms with van der Waals surface area (Å²) in [6, 6.07) is 0. The predicted molar refractivity (Wildman–Crippen MR) is 41.1 cm³/mol. The Morgan fingerprint density at radius 1 is 1.55 bits per heavy atom. The zero-order chi connectivity index (χ0) is 7.90. The fourth-order valence-electron chi connectivity index (χ4n) is 2.33. The van der Waals surface area contributed by atoms with Crippen LogP contribution < -0.4 is 0 Å². The van der Waals surface area contributed by atoms with Gasteiger partial charge in [0.2, 0.25) is 0 Å². The lowest BCUT2D eigenvalue weighted by molar-refractivity contribution is -0.149. The van der Waals surface area contributed by atoms with Crippen molar-refractivity contribution in [2.75, 3.05) is 0 Å². The number of rotatable bonds is 0. The molecule has 0 unspecified atom stereocenters. The summed E-state index contributed by atoms with van der Waals surface area (Å²) in [5, 5.41) is 0. The van der Waals surface area contributed by atoms with Crippen LogP contribution >= 0.6 is 0 Å². The first kappa shape index (κ1) is 7.14. The molecule has 0 amide bonds. The van der Waals surface area contributed by atoms with Crippen molar-refractivity contribution in [1.29, 1.82) is 0 Å². The lowest BCUT2D eigenvalue weighted by Crippen LogP contribution is -2.34. The first-order valence-electron chi connectivity index (χ1n) is 4.42. The maximum absolute atomic E-state index is 11.0. The van der Waals surface area contributed by atoms with Gasteiger partial charge in [-0.05, 0) is 26.2 Å². The lowest BCUT2D eigenvalue weighted by atomic mass is 9.77. The number of hydrogen-bond acceptors (Lipinski definition) is 2. The molecule has 62 valence electrons. The molecule has 0 aromatic carbocycles. The first-order valence-corrected chi connectivity index (χ1v) is 4.42. The van der Waals surface area contributed by atoms with Gasteiger partial charge in [0.1, 0.15) is 5.60 Å². The summed E-state index contributed by atoms with van der Waals surface area (Å²) >= 11 is 0. The molecule has 0 spiro atoms. The van der Waals surface area contributed by atoms with Gasteiger partial charge in [-0.2, -0.15) is 0 Å². The van der Waals surface area contributed by atoms with E-state index in [2.05, 4.69) is 6.92 Å². The highest BCUT2D eigenvalue weighted by Crippen LogP contribution is 2.43. The Hall–Kier alpha value is -0.530. The minimum Gasteiger partial charge on any atom is -0.459 e. The standard InChI is InChI=1S/C9H14O2/c1-9-5-3-2-4-7(9)6-8(10)11-9/h7H,2-6H2,1H3/t7-,9-/m0/s1. The van der Waals surface area contributed by atoms with Gasteiger partial charge in [-0.15, -0.1) is 0 Å². The Kier molecular flexibility index (Phi) is 1.44. The molecule has 11 heavy (non-hydrogen) atoms. The topological polar surface area (TPSA) is 26.3 Å². The van der Waals surface area contributed by atoms with Crippen LogP contribution in [-0.2, 0) is 9.53 Å². The van der Waals surface area contributed by atoms with Crippen LogP contribution in [0.3, 0.4) is 0 Å². The smallest absolute Gasteiger partial charge is 0.306 e. The first-order chi connectivity index (χ1) is 5.21. The number of carbonyl (C=O) groups is 1. The molecule has 2 heteroatoms. The fourth-order valence-corrected chi connectivity index (χ4v) is 2.33. The van der Waals surface area contributed by atoms with Crippen LogP contribution in [0.2, 0.25) is 0 Å². The van der Waals surface area contributed by atoms with Gasteiger partial charge < -0.3 is 4.74 Å². The van der Waals surface area contributed by atoms with Crippen molar-refractivity contribution < 1.29 is 9.53 Å². The van der Waals surface area contributed by atoms with Crippen molar-refractivity contribution in [3.8, 4) is 0 Å². The number of fused-ring (bicyclic) bond motifs is 1. The maximum Gasteiger partial charge on any atom is 0.306 e. The van der Waals surface area contributed by atoms with Gasteiger partial charge in [-0.3, -0.25) is 4.79 Å². The number of hydrogen-bond donors (Lipinski definition) is 0. The molecule has 2 fully saturated rings. The van der Waals surface area contributed by atoms with Crippen LogP contribution in [0.15, 0.2) is 0 Å². The third kappa shape index (κ3) is 1.05. The molecule has 0 radical (unpaired) electrons. The zero-order valence-electron chi connectivity index (χ0n) is 6.93. The molecule has 2 atom stereocenters. The van der Waals surface area contributed by atoms with Gasteiger partial charge in [0.15, 0.2) is 0 Å². The largest absolute Gasteiger partial charge is 0.459 e. The van der Waals surface area contributed by atoms with Crippen molar-refractivity contribution in [2.45, 2.75) is 44.6 Å².